The summed E-state index contributed by atoms with van der Waals surface area (Å²) in [5.41, 5.74) is 0.300. The fraction of sp³-hybridized carbons (Fsp3) is 0.600. The van der Waals surface area contributed by atoms with Gasteiger partial charge in [0.15, 0.2) is 0 Å². The molecular weight excluding hydrogens is 198 g/mol. The monoisotopic (exact) mass is 213 g/mol. The van der Waals surface area contributed by atoms with Crippen LogP contribution in [0.2, 0.25) is 0 Å². The minimum atomic E-state index is -0.472. The standard InChI is InChI=1S/C10H15NO4/c1-7(4-9(12)11(2)3)10(13)15-6-8-5-14-8/h4,8H,5-6H2,1-3H3/b7-4+. The van der Waals surface area contributed by atoms with E-state index in [0.717, 1.165) is 0 Å². The number of amides is 1. The molecule has 84 valence electrons. The van der Waals surface area contributed by atoms with E-state index in [0.29, 0.717) is 12.2 Å². The summed E-state index contributed by atoms with van der Waals surface area (Å²) in [5.74, 6) is -0.701. The second-order valence-electron chi connectivity index (χ2n) is 3.61. The maximum atomic E-state index is 11.3. The van der Waals surface area contributed by atoms with Gasteiger partial charge in [-0.3, -0.25) is 4.79 Å². The number of hydrogen-bond acceptors (Lipinski definition) is 4. The maximum absolute atomic E-state index is 11.3. The molecule has 0 aromatic heterocycles. The van der Waals surface area contributed by atoms with E-state index >= 15 is 0 Å². The van der Waals surface area contributed by atoms with Crippen LogP contribution < -0.4 is 0 Å². The molecule has 1 aliphatic rings. The lowest BCUT2D eigenvalue weighted by Gasteiger charge is -2.07. The molecule has 1 atom stereocenters. The second kappa shape index (κ2) is 4.93. The Morgan fingerprint density at radius 1 is 1.53 bits per heavy atom. The molecular formula is C10H15NO4. The number of epoxide rings is 1. The Balaban J connectivity index is 2.39. The first-order valence-electron chi connectivity index (χ1n) is 4.69. The third-order valence-corrected chi connectivity index (χ3v) is 1.91. The molecule has 0 aliphatic carbocycles. The van der Waals surface area contributed by atoms with Gasteiger partial charge in [0.2, 0.25) is 5.91 Å². The average Bonchev–Trinajstić information content (AvgIpc) is 2.97. The summed E-state index contributed by atoms with van der Waals surface area (Å²) in [4.78, 5) is 23.9. The average molecular weight is 213 g/mol. The summed E-state index contributed by atoms with van der Waals surface area (Å²) in [5, 5.41) is 0. The highest BCUT2D eigenvalue weighted by atomic mass is 16.6. The van der Waals surface area contributed by atoms with Crippen molar-refractivity contribution in [2.75, 3.05) is 27.3 Å². The fourth-order valence-corrected chi connectivity index (χ4v) is 0.820. The number of likely N-dealkylation sites (N-methyl/N-ethyl adjacent to an activating group) is 1. The predicted molar refractivity (Wildman–Crippen MR) is 53.2 cm³/mol. The van der Waals surface area contributed by atoms with Crippen LogP contribution in [-0.2, 0) is 19.1 Å². The van der Waals surface area contributed by atoms with Crippen molar-refractivity contribution < 1.29 is 19.1 Å². The van der Waals surface area contributed by atoms with E-state index in [1.54, 1.807) is 21.0 Å². The van der Waals surface area contributed by atoms with E-state index in [4.69, 9.17) is 9.47 Å². The normalized spacial score (nSPS) is 19.7. The molecule has 5 heteroatoms. The zero-order valence-electron chi connectivity index (χ0n) is 9.15. The van der Waals surface area contributed by atoms with E-state index in [1.807, 2.05) is 0 Å². The Morgan fingerprint density at radius 2 is 2.13 bits per heavy atom. The summed E-state index contributed by atoms with van der Waals surface area (Å²) in [6, 6.07) is 0. The minimum Gasteiger partial charge on any atom is -0.459 e. The third-order valence-electron chi connectivity index (χ3n) is 1.91. The van der Waals surface area contributed by atoms with Gasteiger partial charge in [-0.1, -0.05) is 0 Å². The molecule has 0 radical (unpaired) electrons. The van der Waals surface area contributed by atoms with Crippen molar-refractivity contribution in [3.63, 3.8) is 0 Å². The van der Waals surface area contributed by atoms with Crippen molar-refractivity contribution in [3.8, 4) is 0 Å². The van der Waals surface area contributed by atoms with Crippen molar-refractivity contribution >= 4 is 11.9 Å². The summed E-state index contributed by atoms with van der Waals surface area (Å²) in [6.45, 7) is 2.46. The highest BCUT2D eigenvalue weighted by Gasteiger charge is 2.24. The SMILES string of the molecule is C/C(=C\C(=O)N(C)C)C(=O)OCC1CO1. The highest BCUT2D eigenvalue weighted by molar-refractivity contribution is 5.97. The third kappa shape index (κ3) is 4.12. The van der Waals surface area contributed by atoms with E-state index in [9.17, 15) is 9.59 Å². The van der Waals surface area contributed by atoms with Crippen molar-refractivity contribution in [3.05, 3.63) is 11.6 Å². The van der Waals surface area contributed by atoms with Crippen molar-refractivity contribution in [1.29, 1.82) is 0 Å². The predicted octanol–water partition coefficient (Wildman–Crippen LogP) is -0.0371. The van der Waals surface area contributed by atoms with Crippen LogP contribution in [-0.4, -0.2) is 50.2 Å². The first-order chi connectivity index (χ1) is 7.00. The molecule has 0 aromatic carbocycles. The number of esters is 1. The lowest BCUT2D eigenvalue weighted by atomic mass is 10.3. The van der Waals surface area contributed by atoms with Crippen LogP contribution in [0.5, 0.6) is 0 Å². The summed E-state index contributed by atoms with van der Waals surface area (Å²) < 4.78 is 9.79. The van der Waals surface area contributed by atoms with Crippen LogP contribution in [0, 0.1) is 0 Å². The number of ether oxygens (including phenoxy) is 2. The molecule has 0 aromatic rings. The Kier molecular flexibility index (Phi) is 3.85. The van der Waals surface area contributed by atoms with Crippen molar-refractivity contribution in [2.24, 2.45) is 0 Å². The molecule has 1 heterocycles. The first kappa shape index (κ1) is 11.7. The molecule has 15 heavy (non-hydrogen) atoms. The first-order valence-corrected chi connectivity index (χ1v) is 4.69. The van der Waals surface area contributed by atoms with Crippen molar-refractivity contribution in [2.45, 2.75) is 13.0 Å². The van der Waals surface area contributed by atoms with E-state index in [1.165, 1.54) is 11.0 Å². The van der Waals surface area contributed by atoms with E-state index < -0.39 is 5.97 Å². The zero-order chi connectivity index (χ0) is 11.4. The number of nitrogens with zero attached hydrogens (tertiary/aromatic N) is 1. The van der Waals surface area contributed by atoms with Gasteiger partial charge in [0.1, 0.15) is 12.7 Å². The van der Waals surface area contributed by atoms with Crippen LogP contribution >= 0.6 is 0 Å². The Hall–Kier alpha value is -1.36. The van der Waals surface area contributed by atoms with Crippen LogP contribution in [0.25, 0.3) is 0 Å². The topological polar surface area (TPSA) is 59.1 Å². The largest absolute Gasteiger partial charge is 0.459 e. The molecule has 0 bridgehead atoms. The van der Waals surface area contributed by atoms with Crippen LogP contribution in [0.4, 0.5) is 0 Å². The van der Waals surface area contributed by atoms with Crippen LogP contribution in [0.15, 0.2) is 11.6 Å². The van der Waals surface area contributed by atoms with Crippen molar-refractivity contribution in [1.82, 2.24) is 4.90 Å². The van der Waals surface area contributed by atoms with E-state index in [2.05, 4.69) is 0 Å². The molecule has 1 aliphatic heterocycles. The van der Waals surface area contributed by atoms with Gasteiger partial charge in [-0.2, -0.15) is 0 Å². The van der Waals surface area contributed by atoms with Gasteiger partial charge in [-0.05, 0) is 6.92 Å². The lowest BCUT2D eigenvalue weighted by Crippen LogP contribution is -2.21. The quantitative estimate of drug-likeness (QED) is 0.373. The summed E-state index contributed by atoms with van der Waals surface area (Å²) in [7, 11) is 3.24. The van der Waals surface area contributed by atoms with Gasteiger partial charge in [0.05, 0.1) is 6.61 Å². The number of hydrogen-bond donors (Lipinski definition) is 0. The van der Waals surface area contributed by atoms with Gasteiger partial charge in [-0.25, -0.2) is 4.79 Å². The second-order valence-corrected chi connectivity index (χ2v) is 3.61. The van der Waals surface area contributed by atoms with Gasteiger partial charge >= 0.3 is 5.97 Å². The summed E-state index contributed by atoms with van der Waals surface area (Å²) >= 11 is 0. The molecule has 0 N–H and O–H groups in total. The lowest BCUT2D eigenvalue weighted by molar-refractivity contribution is -0.139. The van der Waals surface area contributed by atoms with Crippen LogP contribution in [0.1, 0.15) is 6.92 Å². The zero-order valence-corrected chi connectivity index (χ0v) is 9.15. The highest BCUT2D eigenvalue weighted by Crippen LogP contribution is 2.09. The molecule has 1 saturated heterocycles. The molecule has 1 amide bonds. The Morgan fingerprint density at radius 3 is 2.60 bits per heavy atom. The minimum absolute atomic E-state index is 0.0475. The molecule has 1 fully saturated rings. The van der Waals surface area contributed by atoms with Gasteiger partial charge in [0.25, 0.3) is 0 Å². The molecule has 1 rings (SSSR count). The van der Waals surface area contributed by atoms with Gasteiger partial charge in [0, 0.05) is 25.7 Å². The number of rotatable bonds is 4. The van der Waals surface area contributed by atoms with Gasteiger partial charge < -0.3 is 14.4 Å². The number of carbonyl (C=O) groups excluding carboxylic acids is 2. The van der Waals surface area contributed by atoms with E-state index in [-0.39, 0.29) is 18.6 Å². The number of carbonyl (C=O) groups is 2. The molecule has 0 spiro atoms. The van der Waals surface area contributed by atoms with Crippen LogP contribution in [0.3, 0.4) is 0 Å². The van der Waals surface area contributed by atoms with Gasteiger partial charge in [-0.15, -0.1) is 0 Å². The molecule has 1 unspecified atom stereocenters. The maximum Gasteiger partial charge on any atom is 0.334 e. The molecule has 0 saturated carbocycles. The summed E-state index contributed by atoms with van der Waals surface area (Å²) in [6.07, 6.45) is 1.31. The Bertz CT molecular complexity index is 292. The molecule has 5 nitrogen and oxygen atoms in total. The Labute approximate surface area is 88.6 Å². The smallest absolute Gasteiger partial charge is 0.334 e. The fourth-order valence-electron chi connectivity index (χ4n) is 0.820.